The first-order valence-electron chi connectivity index (χ1n) is 19.7. The second-order valence-electron chi connectivity index (χ2n) is 15.6. The van der Waals surface area contributed by atoms with E-state index in [2.05, 4.69) is 44.3 Å². The third-order valence-electron chi connectivity index (χ3n) is 12.1. The van der Waals surface area contributed by atoms with Gasteiger partial charge in [0, 0.05) is 89.4 Å². The van der Waals surface area contributed by atoms with Gasteiger partial charge >= 0.3 is 6.18 Å². The van der Waals surface area contributed by atoms with E-state index in [1.807, 2.05) is 24.1 Å². The SMILES string of the molecule is Cc1cnc(N2CCN(CC3CCN(c4ccc(C5CCN(c6ccc(C#N)c(C(F)(F)F)c6)CC5)cc4)CC3)CC2)cc1CN(C=O)C1CCC(=O)NC1=O. The number of piperazine rings is 1. The van der Waals surface area contributed by atoms with Crippen molar-refractivity contribution >= 4 is 35.4 Å². The standard InChI is InChI=1S/C42H49F3N8O3/c1-29-25-47-39(22-34(29)27-53(28-54)38-8-9-40(55)48-41(38)56)52-20-18-49(19-21-52)26-30-10-14-50(15-11-30)35-5-2-31(3-6-35)32-12-16-51(17-13-32)36-7-4-33(24-46)37(23-36)42(43,44)45/h2-7,22-23,25,28,30,32,38H,8-21,26-27H2,1H3,(H,48,55,56). The van der Waals surface area contributed by atoms with Crippen molar-refractivity contribution in [3.63, 3.8) is 0 Å². The maximum absolute atomic E-state index is 13.5. The van der Waals surface area contributed by atoms with Crippen LogP contribution in [0.5, 0.6) is 0 Å². The molecule has 5 heterocycles. The van der Waals surface area contributed by atoms with Gasteiger partial charge in [-0.05, 0) is 104 Å². The second kappa shape index (κ2) is 16.9. The van der Waals surface area contributed by atoms with Crippen LogP contribution in [0.25, 0.3) is 0 Å². The molecule has 2 aromatic carbocycles. The highest BCUT2D eigenvalue weighted by molar-refractivity contribution is 6.00. The molecule has 1 unspecified atom stereocenters. The second-order valence-corrected chi connectivity index (χ2v) is 15.6. The average Bonchev–Trinajstić information content (AvgIpc) is 3.21. The van der Waals surface area contributed by atoms with E-state index in [0.29, 0.717) is 43.4 Å². The lowest BCUT2D eigenvalue weighted by molar-refractivity contribution is -0.141. The number of alkyl halides is 3. The van der Waals surface area contributed by atoms with Crippen LogP contribution in [-0.2, 0) is 27.1 Å². The zero-order valence-electron chi connectivity index (χ0n) is 31.8. The number of anilines is 3. The van der Waals surface area contributed by atoms with E-state index >= 15 is 0 Å². The van der Waals surface area contributed by atoms with Crippen molar-refractivity contribution in [1.29, 1.82) is 5.26 Å². The molecule has 0 aliphatic carbocycles. The molecule has 7 rings (SSSR count). The molecule has 4 fully saturated rings. The Bertz CT molecular complexity index is 1930. The number of hydrogen-bond donors (Lipinski definition) is 1. The third kappa shape index (κ3) is 8.94. The maximum atomic E-state index is 13.5. The van der Waals surface area contributed by atoms with Crippen LogP contribution in [-0.4, -0.2) is 98.0 Å². The van der Waals surface area contributed by atoms with E-state index in [0.717, 1.165) is 94.5 Å². The van der Waals surface area contributed by atoms with Crippen molar-refractivity contribution in [1.82, 2.24) is 20.1 Å². The molecular weight excluding hydrogens is 722 g/mol. The summed E-state index contributed by atoms with van der Waals surface area (Å²) in [4.78, 5) is 51.4. The van der Waals surface area contributed by atoms with E-state index < -0.39 is 23.7 Å². The zero-order valence-corrected chi connectivity index (χ0v) is 31.8. The minimum Gasteiger partial charge on any atom is -0.372 e. The number of benzene rings is 2. The summed E-state index contributed by atoms with van der Waals surface area (Å²) in [6.45, 7) is 10.3. The van der Waals surface area contributed by atoms with Gasteiger partial charge in [-0.2, -0.15) is 18.4 Å². The average molecular weight is 771 g/mol. The summed E-state index contributed by atoms with van der Waals surface area (Å²) >= 11 is 0. The number of nitrogens with one attached hydrogen (secondary N) is 1. The summed E-state index contributed by atoms with van der Waals surface area (Å²) < 4.78 is 40.5. The molecule has 1 aromatic heterocycles. The lowest BCUT2D eigenvalue weighted by Crippen LogP contribution is -2.51. The number of piperidine rings is 3. The Labute approximate surface area is 326 Å². The Morgan fingerprint density at radius 1 is 0.875 bits per heavy atom. The summed E-state index contributed by atoms with van der Waals surface area (Å²) in [7, 11) is 0. The van der Waals surface area contributed by atoms with Gasteiger partial charge in [-0.25, -0.2) is 4.98 Å². The topological polar surface area (TPSA) is 116 Å². The van der Waals surface area contributed by atoms with E-state index in [1.165, 1.54) is 22.2 Å². The normalized spacial score (nSPS) is 20.5. The first-order chi connectivity index (χ1) is 27.0. The van der Waals surface area contributed by atoms with Crippen molar-refractivity contribution < 1.29 is 27.6 Å². The number of hydrogen-bond acceptors (Lipinski definition) is 9. The molecule has 4 aliphatic rings. The number of nitrogens with zero attached hydrogens (tertiary/aromatic N) is 7. The van der Waals surface area contributed by atoms with Gasteiger partial charge in [0.05, 0.1) is 17.2 Å². The van der Waals surface area contributed by atoms with Gasteiger partial charge in [-0.3, -0.25) is 24.6 Å². The number of imide groups is 1. The van der Waals surface area contributed by atoms with Crippen molar-refractivity contribution in [2.45, 2.75) is 70.1 Å². The minimum atomic E-state index is -4.56. The fourth-order valence-electron chi connectivity index (χ4n) is 8.70. The first-order valence-corrected chi connectivity index (χ1v) is 19.7. The molecule has 0 saturated carbocycles. The summed E-state index contributed by atoms with van der Waals surface area (Å²) in [6, 6.07) is 15.9. The molecule has 0 spiro atoms. The summed E-state index contributed by atoms with van der Waals surface area (Å²) in [5.41, 5.74) is 3.68. The number of pyridine rings is 1. The molecule has 1 N–H and O–H groups in total. The molecule has 11 nitrogen and oxygen atoms in total. The van der Waals surface area contributed by atoms with Gasteiger partial charge in [-0.15, -0.1) is 0 Å². The number of aromatic nitrogens is 1. The third-order valence-corrected chi connectivity index (χ3v) is 12.1. The van der Waals surface area contributed by atoms with Gasteiger partial charge in [0.1, 0.15) is 11.9 Å². The molecule has 4 saturated heterocycles. The molecule has 14 heteroatoms. The van der Waals surface area contributed by atoms with Crippen molar-refractivity contribution in [3.05, 3.63) is 82.5 Å². The predicted molar refractivity (Wildman–Crippen MR) is 207 cm³/mol. The molecule has 296 valence electrons. The molecule has 3 aromatic rings. The van der Waals surface area contributed by atoms with Crippen LogP contribution in [0.1, 0.15) is 72.3 Å². The Balaban J connectivity index is 0.847. The van der Waals surface area contributed by atoms with Crippen LogP contribution < -0.4 is 20.0 Å². The summed E-state index contributed by atoms with van der Waals surface area (Å²) in [6.07, 6.45) is 2.48. The Hall–Kier alpha value is -5.16. The van der Waals surface area contributed by atoms with Crippen LogP contribution >= 0.6 is 0 Å². The predicted octanol–water partition coefficient (Wildman–Crippen LogP) is 5.47. The zero-order chi connectivity index (χ0) is 39.4. The highest BCUT2D eigenvalue weighted by Gasteiger charge is 2.35. The summed E-state index contributed by atoms with van der Waals surface area (Å²) in [5, 5.41) is 11.5. The van der Waals surface area contributed by atoms with Crippen molar-refractivity contribution in [2.24, 2.45) is 5.92 Å². The monoisotopic (exact) mass is 770 g/mol. The van der Waals surface area contributed by atoms with E-state index in [-0.39, 0.29) is 24.4 Å². The van der Waals surface area contributed by atoms with Crippen molar-refractivity contribution in [2.75, 3.05) is 73.6 Å². The minimum absolute atomic E-state index is 0.218. The molecule has 0 bridgehead atoms. The lowest BCUT2D eigenvalue weighted by atomic mass is 9.88. The van der Waals surface area contributed by atoms with Crippen LogP contribution in [0.15, 0.2) is 54.7 Å². The molecule has 0 radical (unpaired) electrons. The van der Waals surface area contributed by atoms with Gasteiger partial charge < -0.3 is 19.6 Å². The van der Waals surface area contributed by atoms with Crippen LogP contribution in [0.4, 0.5) is 30.4 Å². The van der Waals surface area contributed by atoms with Gasteiger partial charge in [0.15, 0.2) is 0 Å². The van der Waals surface area contributed by atoms with Crippen molar-refractivity contribution in [3.8, 4) is 6.07 Å². The van der Waals surface area contributed by atoms with Crippen LogP contribution in [0.3, 0.4) is 0 Å². The Kier molecular flexibility index (Phi) is 11.8. The molecular formula is C42H49F3N8O3. The quantitative estimate of drug-likeness (QED) is 0.212. The molecule has 56 heavy (non-hydrogen) atoms. The number of carbonyl (C=O) groups excluding carboxylic acids is 3. The highest BCUT2D eigenvalue weighted by atomic mass is 19.4. The molecule has 3 amide bonds. The highest BCUT2D eigenvalue weighted by Crippen LogP contribution is 2.37. The Morgan fingerprint density at radius 2 is 1.54 bits per heavy atom. The number of halogens is 3. The number of amides is 3. The van der Waals surface area contributed by atoms with E-state index in [4.69, 9.17) is 10.2 Å². The molecule has 1 atom stereocenters. The maximum Gasteiger partial charge on any atom is 0.417 e. The Morgan fingerprint density at radius 3 is 2.18 bits per heavy atom. The fourth-order valence-corrected chi connectivity index (χ4v) is 8.70. The lowest BCUT2D eigenvalue weighted by Gasteiger charge is -2.40. The number of aryl methyl sites for hydroxylation is 1. The van der Waals surface area contributed by atoms with Gasteiger partial charge in [-0.1, -0.05) is 12.1 Å². The van der Waals surface area contributed by atoms with E-state index in [1.54, 1.807) is 12.1 Å². The first kappa shape index (κ1) is 39.1. The number of carbonyl (C=O) groups is 3. The number of nitriles is 1. The fraction of sp³-hybridized carbons (Fsp3) is 0.500. The molecule has 4 aliphatic heterocycles. The smallest absolute Gasteiger partial charge is 0.372 e. The van der Waals surface area contributed by atoms with Gasteiger partial charge in [0.25, 0.3) is 0 Å². The summed E-state index contributed by atoms with van der Waals surface area (Å²) in [5.74, 6) is 1.13. The van der Waals surface area contributed by atoms with Gasteiger partial charge in [0.2, 0.25) is 18.2 Å². The largest absolute Gasteiger partial charge is 0.417 e. The number of rotatable bonds is 10. The van der Waals surface area contributed by atoms with Crippen LogP contribution in [0, 0.1) is 24.2 Å². The van der Waals surface area contributed by atoms with Crippen LogP contribution in [0.2, 0.25) is 0 Å². The van der Waals surface area contributed by atoms with E-state index in [9.17, 15) is 27.6 Å².